The van der Waals surface area contributed by atoms with Crippen LogP contribution in [0, 0.1) is 16.0 Å². The minimum atomic E-state index is -3.88. The standard InChI is InChI=1S/C21H35N5O5S/c1-15(2)25(16(3)4)13-10-23-21(27)17-8-11-24(12-9-17)32(30,31)18-6-7-19(22-5)20(14-18)26(28)29/h6-7,14-17,22H,8-13H2,1-5H3,(H,23,27). The first-order valence-electron chi connectivity index (χ1n) is 11.0. The van der Waals surface area contributed by atoms with Gasteiger partial charge in [0.1, 0.15) is 5.69 Å². The Bertz CT molecular complexity index is 903. The Balaban J connectivity index is 1.96. The zero-order valence-electron chi connectivity index (χ0n) is 19.5. The number of amides is 1. The summed E-state index contributed by atoms with van der Waals surface area (Å²) >= 11 is 0. The highest BCUT2D eigenvalue weighted by atomic mass is 32.2. The first-order chi connectivity index (χ1) is 15.0. The van der Waals surface area contributed by atoms with Crippen molar-refractivity contribution < 1.29 is 18.1 Å². The van der Waals surface area contributed by atoms with E-state index in [0.717, 1.165) is 12.6 Å². The lowest BCUT2D eigenvalue weighted by atomic mass is 9.97. The van der Waals surface area contributed by atoms with Crippen LogP contribution in [0.4, 0.5) is 11.4 Å². The Labute approximate surface area is 190 Å². The van der Waals surface area contributed by atoms with Crippen LogP contribution in [0.2, 0.25) is 0 Å². The minimum Gasteiger partial charge on any atom is -0.383 e. The van der Waals surface area contributed by atoms with Gasteiger partial charge in [-0.2, -0.15) is 4.31 Å². The van der Waals surface area contributed by atoms with E-state index in [0.29, 0.717) is 31.5 Å². The number of nitrogens with one attached hydrogen (secondary N) is 2. The molecule has 2 rings (SSSR count). The largest absolute Gasteiger partial charge is 0.383 e. The molecule has 0 radical (unpaired) electrons. The first-order valence-corrected chi connectivity index (χ1v) is 12.4. The quantitative estimate of drug-likeness (QED) is 0.398. The molecular weight excluding hydrogens is 434 g/mol. The van der Waals surface area contributed by atoms with Gasteiger partial charge in [-0.3, -0.25) is 19.8 Å². The summed E-state index contributed by atoms with van der Waals surface area (Å²) in [5.74, 6) is -0.294. The Kier molecular flexibility index (Phi) is 8.99. The van der Waals surface area contributed by atoms with Crippen molar-refractivity contribution in [2.24, 2.45) is 5.92 Å². The summed E-state index contributed by atoms with van der Waals surface area (Å²) in [5, 5.41) is 16.9. The monoisotopic (exact) mass is 469 g/mol. The highest BCUT2D eigenvalue weighted by Gasteiger charge is 2.33. The lowest BCUT2D eigenvalue weighted by Crippen LogP contribution is -2.46. The van der Waals surface area contributed by atoms with E-state index in [-0.39, 0.29) is 41.2 Å². The van der Waals surface area contributed by atoms with Gasteiger partial charge in [-0.05, 0) is 52.7 Å². The molecule has 0 aliphatic carbocycles. The van der Waals surface area contributed by atoms with Crippen molar-refractivity contribution >= 4 is 27.3 Å². The van der Waals surface area contributed by atoms with Crippen LogP contribution >= 0.6 is 0 Å². The van der Waals surface area contributed by atoms with E-state index in [1.807, 2.05) is 0 Å². The highest BCUT2D eigenvalue weighted by molar-refractivity contribution is 7.89. The summed E-state index contributed by atoms with van der Waals surface area (Å²) in [4.78, 5) is 25.4. The van der Waals surface area contributed by atoms with Gasteiger partial charge in [0.2, 0.25) is 15.9 Å². The van der Waals surface area contributed by atoms with Gasteiger partial charge in [0.25, 0.3) is 5.69 Å². The summed E-state index contributed by atoms with van der Waals surface area (Å²) in [5.41, 5.74) is -0.0440. The predicted octanol–water partition coefficient (Wildman–Crippen LogP) is 2.27. The molecule has 1 aromatic rings. The van der Waals surface area contributed by atoms with Crippen molar-refractivity contribution in [1.82, 2.24) is 14.5 Å². The number of nitro groups is 1. The molecule has 0 aromatic heterocycles. The molecule has 32 heavy (non-hydrogen) atoms. The normalized spacial score (nSPS) is 16.0. The van der Waals surface area contributed by atoms with E-state index >= 15 is 0 Å². The number of hydrogen-bond donors (Lipinski definition) is 2. The van der Waals surface area contributed by atoms with Gasteiger partial charge in [-0.25, -0.2) is 8.42 Å². The second kappa shape index (κ2) is 11.1. The molecule has 0 unspecified atom stereocenters. The molecule has 1 heterocycles. The van der Waals surface area contributed by atoms with E-state index < -0.39 is 14.9 Å². The van der Waals surface area contributed by atoms with Crippen LogP contribution in [-0.4, -0.2) is 73.8 Å². The number of hydrogen-bond acceptors (Lipinski definition) is 7. The van der Waals surface area contributed by atoms with Crippen LogP contribution in [0.5, 0.6) is 0 Å². The maximum atomic E-state index is 13.0. The fourth-order valence-corrected chi connectivity index (χ4v) is 5.60. The van der Waals surface area contributed by atoms with Gasteiger partial charge >= 0.3 is 0 Å². The van der Waals surface area contributed by atoms with Gasteiger partial charge in [-0.15, -0.1) is 0 Å². The fraction of sp³-hybridized carbons (Fsp3) is 0.667. The summed E-state index contributed by atoms with van der Waals surface area (Å²) in [6.07, 6.45) is 0.833. The molecule has 0 bridgehead atoms. The summed E-state index contributed by atoms with van der Waals surface area (Å²) in [7, 11) is -2.34. The molecule has 1 saturated heterocycles. The number of anilines is 1. The Morgan fingerprint density at radius 1 is 1.22 bits per heavy atom. The van der Waals surface area contributed by atoms with Crippen molar-refractivity contribution in [3.63, 3.8) is 0 Å². The molecule has 11 heteroatoms. The highest BCUT2D eigenvalue weighted by Crippen LogP contribution is 2.30. The lowest BCUT2D eigenvalue weighted by Gasteiger charge is -2.32. The molecule has 10 nitrogen and oxygen atoms in total. The molecule has 0 saturated carbocycles. The van der Waals surface area contributed by atoms with Crippen LogP contribution in [0.15, 0.2) is 23.1 Å². The third-order valence-corrected chi connectivity index (χ3v) is 7.79. The molecule has 1 aromatic carbocycles. The van der Waals surface area contributed by atoms with E-state index in [1.165, 1.54) is 23.5 Å². The number of carbonyl (C=O) groups excluding carboxylic acids is 1. The van der Waals surface area contributed by atoms with Crippen LogP contribution in [0.1, 0.15) is 40.5 Å². The van der Waals surface area contributed by atoms with Crippen molar-refractivity contribution in [3.8, 4) is 0 Å². The number of nitro benzene ring substituents is 1. The maximum Gasteiger partial charge on any atom is 0.293 e. The Hall–Kier alpha value is -2.24. The van der Waals surface area contributed by atoms with Crippen LogP contribution < -0.4 is 10.6 Å². The number of benzene rings is 1. The van der Waals surface area contributed by atoms with Crippen LogP contribution in [-0.2, 0) is 14.8 Å². The third kappa shape index (κ3) is 6.17. The number of sulfonamides is 1. The summed E-state index contributed by atoms with van der Waals surface area (Å²) in [6.45, 7) is 10.2. The van der Waals surface area contributed by atoms with Crippen LogP contribution in [0.25, 0.3) is 0 Å². The predicted molar refractivity (Wildman–Crippen MR) is 124 cm³/mol. The molecule has 1 fully saturated rings. The number of rotatable bonds is 10. The van der Waals surface area contributed by atoms with E-state index in [4.69, 9.17) is 0 Å². The zero-order valence-corrected chi connectivity index (χ0v) is 20.3. The van der Waals surface area contributed by atoms with E-state index in [9.17, 15) is 23.3 Å². The SMILES string of the molecule is CNc1ccc(S(=O)(=O)N2CCC(C(=O)NCCN(C(C)C)C(C)C)CC2)cc1[N+](=O)[O-]. The average Bonchev–Trinajstić information content (AvgIpc) is 2.75. The smallest absolute Gasteiger partial charge is 0.293 e. The molecule has 2 N–H and O–H groups in total. The van der Waals surface area contributed by atoms with E-state index in [1.54, 1.807) is 0 Å². The zero-order chi connectivity index (χ0) is 24.1. The molecule has 0 atom stereocenters. The van der Waals surface area contributed by atoms with Gasteiger partial charge in [0, 0.05) is 57.3 Å². The lowest BCUT2D eigenvalue weighted by molar-refractivity contribution is -0.384. The maximum absolute atomic E-state index is 13.0. The van der Waals surface area contributed by atoms with Gasteiger partial charge < -0.3 is 10.6 Å². The second-order valence-corrected chi connectivity index (χ2v) is 10.5. The number of carbonyl (C=O) groups is 1. The summed E-state index contributed by atoms with van der Waals surface area (Å²) in [6, 6.07) is 4.61. The topological polar surface area (TPSA) is 125 Å². The van der Waals surface area contributed by atoms with Crippen molar-refractivity contribution in [2.75, 3.05) is 38.5 Å². The first kappa shape index (κ1) is 26.0. The van der Waals surface area contributed by atoms with Gasteiger partial charge in [-0.1, -0.05) is 0 Å². The molecule has 1 amide bonds. The number of nitrogens with zero attached hydrogens (tertiary/aromatic N) is 3. The molecule has 1 aliphatic heterocycles. The molecule has 1 aliphatic rings. The van der Waals surface area contributed by atoms with Gasteiger partial charge in [0.15, 0.2) is 0 Å². The minimum absolute atomic E-state index is 0.0523. The van der Waals surface area contributed by atoms with Crippen molar-refractivity contribution in [2.45, 2.75) is 57.5 Å². The fourth-order valence-electron chi connectivity index (χ4n) is 4.11. The number of piperidine rings is 1. The van der Waals surface area contributed by atoms with E-state index in [2.05, 4.69) is 43.2 Å². The Morgan fingerprint density at radius 3 is 2.31 bits per heavy atom. The Morgan fingerprint density at radius 2 is 1.81 bits per heavy atom. The third-order valence-electron chi connectivity index (χ3n) is 5.89. The van der Waals surface area contributed by atoms with Gasteiger partial charge in [0.05, 0.1) is 9.82 Å². The van der Waals surface area contributed by atoms with Crippen molar-refractivity contribution in [3.05, 3.63) is 28.3 Å². The average molecular weight is 470 g/mol. The second-order valence-electron chi connectivity index (χ2n) is 8.58. The van der Waals surface area contributed by atoms with Crippen molar-refractivity contribution in [1.29, 1.82) is 0 Å². The molecule has 180 valence electrons. The summed E-state index contributed by atoms with van der Waals surface area (Å²) < 4.78 is 27.3. The van der Waals surface area contributed by atoms with Crippen LogP contribution in [0.3, 0.4) is 0 Å². The molecule has 0 spiro atoms. The molecular formula is C21H35N5O5S.